The molecule has 1 unspecified atom stereocenters. The molecule has 2 aliphatic rings. The van der Waals surface area contributed by atoms with E-state index in [1.807, 2.05) is 19.1 Å². The number of aryl methyl sites for hydroxylation is 1. The van der Waals surface area contributed by atoms with Crippen LogP contribution in [-0.4, -0.2) is 11.8 Å². The summed E-state index contributed by atoms with van der Waals surface area (Å²) in [7, 11) is 0. The van der Waals surface area contributed by atoms with Crippen LogP contribution in [0.15, 0.2) is 60.7 Å². The van der Waals surface area contributed by atoms with Crippen molar-refractivity contribution in [2.24, 2.45) is 0 Å². The van der Waals surface area contributed by atoms with Gasteiger partial charge in [0.15, 0.2) is 0 Å². The van der Waals surface area contributed by atoms with Crippen LogP contribution in [0, 0.1) is 6.92 Å². The van der Waals surface area contributed by atoms with Gasteiger partial charge in [-0.25, -0.2) is 0 Å². The van der Waals surface area contributed by atoms with E-state index in [-0.39, 0.29) is 11.8 Å². The lowest BCUT2D eigenvalue weighted by molar-refractivity contribution is -0.119. The first-order chi connectivity index (χ1) is 13.9. The standard InChI is InChI=1S/C22H15Cl2N3O2/c1-12-9-10-13(11-17(12)24)27-20(28)14-5-2-3-8-18(14)26-22(27)15-6-4-7-16(23)19(15)25-21(22)29/h2-11,26H,1H3,(H,25,29). The molecule has 2 aliphatic heterocycles. The maximum Gasteiger partial charge on any atom is 0.276 e. The molecular formula is C22H15Cl2N3O2. The zero-order valence-electron chi connectivity index (χ0n) is 15.3. The maximum atomic E-state index is 13.6. The Bertz CT molecular complexity index is 1210. The van der Waals surface area contributed by atoms with Gasteiger partial charge >= 0.3 is 0 Å². The van der Waals surface area contributed by atoms with Crippen LogP contribution < -0.4 is 15.5 Å². The number of fused-ring (bicyclic) bond motifs is 3. The molecular weight excluding hydrogens is 409 g/mol. The molecule has 0 saturated carbocycles. The summed E-state index contributed by atoms with van der Waals surface area (Å²) in [6.07, 6.45) is 0. The molecule has 2 heterocycles. The van der Waals surface area contributed by atoms with E-state index < -0.39 is 5.66 Å². The lowest BCUT2D eigenvalue weighted by atomic mass is 9.92. The van der Waals surface area contributed by atoms with Crippen molar-refractivity contribution in [1.82, 2.24) is 0 Å². The van der Waals surface area contributed by atoms with Crippen LogP contribution in [0.2, 0.25) is 10.0 Å². The minimum absolute atomic E-state index is 0.303. The number of nitrogens with one attached hydrogen (secondary N) is 2. The Labute approximate surface area is 177 Å². The molecule has 0 aliphatic carbocycles. The first-order valence-electron chi connectivity index (χ1n) is 9.02. The molecule has 1 spiro atoms. The molecule has 2 N–H and O–H groups in total. The molecule has 5 rings (SSSR count). The Morgan fingerprint density at radius 3 is 2.52 bits per heavy atom. The smallest absolute Gasteiger partial charge is 0.276 e. The molecule has 144 valence electrons. The number of nitrogens with zero attached hydrogens (tertiary/aromatic N) is 1. The van der Waals surface area contributed by atoms with Crippen molar-refractivity contribution < 1.29 is 9.59 Å². The van der Waals surface area contributed by atoms with Crippen LogP contribution in [0.4, 0.5) is 17.1 Å². The van der Waals surface area contributed by atoms with Crippen molar-refractivity contribution >= 4 is 52.1 Å². The van der Waals surface area contributed by atoms with E-state index >= 15 is 0 Å². The predicted octanol–water partition coefficient (Wildman–Crippen LogP) is 5.18. The maximum absolute atomic E-state index is 13.6. The molecule has 5 nitrogen and oxygen atoms in total. The van der Waals surface area contributed by atoms with Crippen molar-refractivity contribution in [1.29, 1.82) is 0 Å². The second kappa shape index (κ2) is 6.24. The number of benzene rings is 3. The van der Waals surface area contributed by atoms with Crippen LogP contribution in [0.1, 0.15) is 21.5 Å². The van der Waals surface area contributed by atoms with Crippen molar-refractivity contribution in [3.8, 4) is 0 Å². The molecule has 3 aromatic carbocycles. The van der Waals surface area contributed by atoms with E-state index in [2.05, 4.69) is 10.6 Å². The molecule has 0 aromatic heterocycles. The van der Waals surface area contributed by atoms with Crippen molar-refractivity contribution in [3.63, 3.8) is 0 Å². The van der Waals surface area contributed by atoms with E-state index in [0.29, 0.717) is 38.2 Å². The summed E-state index contributed by atoms with van der Waals surface area (Å²) in [5.74, 6) is -0.692. The number of carbonyl (C=O) groups is 2. The highest BCUT2D eigenvalue weighted by Crippen LogP contribution is 2.49. The number of hydrogen-bond acceptors (Lipinski definition) is 3. The summed E-state index contributed by atoms with van der Waals surface area (Å²) >= 11 is 12.7. The molecule has 3 aromatic rings. The van der Waals surface area contributed by atoms with Gasteiger partial charge in [-0.2, -0.15) is 0 Å². The molecule has 0 saturated heterocycles. The fourth-order valence-electron chi connectivity index (χ4n) is 3.96. The van der Waals surface area contributed by atoms with E-state index in [1.54, 1.807) is 48.5 Å². The minimum Gasteiger partial charge on any atom is -0.350 e. The van der Waals surface area contributed by atoms with Gasteiger partial charge in [0.2, 0.25) is 5.66 Å². The molecule has 7 heteroatoms. The molecule has 1 atom stereocenters. The second-order valence-electron chi connectivity index (χ2n) is 7.07. The van der Waals surface area contributed by atoms with E-state index in [0.717, 1.165) is 5.56 Å². The number of para-hydroxylation sites is 2. The molecule has 29 heavy (non-hydrogen) atoms. The number of anilines is 3. The Morgan fingerprint density at radius 2 is 1.72 bits per heavy atom. The van der Waals surface area contributed by atoms with E-state index in [9.17, 15) is 9.59 Å². The lowest BCUT2D eigenvalue weighted by Crippen LogP contribution is -2.61. The first kappa shape index (κ1) is 18.0. The van der Waals surface area contributed by atoms with Gasteiger partial charge in [0, 0.05) is 22.0 Å². The predicted molar refractivity (Wildman–Crippen MR) is 115 cm³/mol. The van der Waals surface area contributed by atoms with Crippen LogP contribution in [0.5, 0.6) is 0 Å². The average Bonchev–Trinajstić information content (AvgIpc) is 2.98. The van der Waals surface area contributed by atoms with E-state index in [1.165, 1.54) is 4.90 Å². The quantitative estimate of drug-likeness (QED) is 0.566. The van der Waals surface area contributed by atoms with Crippen LogP contribution in [0.3, 0.4) is 0 Å². The largest absolute Gasteiger partial charge is 0.350 e. The van der Waals surface area contributed by atoms with Crippen molar-refractivity contribution in [2.75, 3.05) is 15.5 Å². The SMILES string of the molecule is Cc1ccc(N2C(=O)c3ccccc3NC23C(=O)Nc2c(Cl)cccc23)cc1Cl. The number of rotatable bonds is 1. The average molecular weight is 424 g/mol. The van der Waals surface area contributed by atoms with Crippen molar-refractivity contribution in [3.05, 3.63) is 87.4 Å². The molecule has 0 radical (unpaired) electrons. The summed E-state index contributed by atoms with van der Waals surface area (Å²) in [5, 5.41) is 7.07. The number of halogens is 2. The summed E-state index contributed by atoms with van der Waals surface area (Å²) < 4.78 is 0. The third-order valence-electron chi connectivity index (χ3n) is 5.40. The number of carbonyl (C=O) groups excluding carboxylic acids is 2. The normalized spacial score (nSPS) is 19.6. The fourth-order valence-corrected chi connectivity index (χ4v) is 4.36. The lowest BCUT2D eigenvalue weighted by Gasteiger charge is -2.44. The van der Waals surface area contributed by atoms with Gasteiger partial charge in [-0.05, 0) is 42.8 Å². The summed E-state index contributed by atoms with van der Waals surface area (Å²) in [5.41, 5.74) is 2.02. The third-order valence-corrected chi connectivity index (χ3v) is 6.12. The van der Waals surface area contributed by atoms with E-state index in [4.69, 9.17) is 23.2 Å². The number of hydrogen-bond donors (Lipinski definition) is 2. The first-order valence-corrected chi connectivity index (χ1v) is 9.77. The number of amides is 2. The fraction of sp³-hybridized carbons (Fsp3) is 0.0909. The molecule has 0 fully saturated rings. The second-order valence-corrected chi connectivity index (χ2v) is 7.89. The highest BCUT2D eigenvalue weighted by molar-refractivity contribution is 6.35. The third kappa shape index (κ3) is 2.41. The molecule has 2 amide bonds. The topological polar surface area (TPSA) is 61.4 Å². The summed E-state index contributed by atoms with van der Waals surface area (Å²) in [4.78, 5) is 28.5. The van der Waals surface area contributed by atoms with Gasteiger partial charge in [0.25, 0.3) is 11.8 Å². The molecule has 0 bridgehead atoms. The van der Waals surface area contributed by atoms with Crippen molar-refractivity contribution in [2.45, 2.75) is 12.6 Å². The van der Waals surface area contributed by atoms with Gasteiger partial charge in [-0.15, -0.1) is 0 Å². The van der Waals surface area contributed by atoms with Crippen LogP contribution in [-0.2, 0) is 10.5 Å². The highest BCUT2D eigenvalue weighted by Gasteiger charge is 2.57. The van der Waals surface area contributed by atoms with Gasteiger partial charge in [-0.1, -0.05) is 53.5 Å². The van der Waals surface area contributed by atoms with Crippen LogP contribution in [0.25, 0.3) is 0 Å². The van der Waals surface area contributed by atoms with Crippen LogP contribution >= 0.6 is 23.2 Å². The van der Waals surface area contributed by atoms with Gasteiger partial charge in [-0.3, -0.25) is 14.5 Å². The monoisotopic (exact) mass is 423 g/mol. The summed E-state index contributed by atoms with van der Waals surface area (Å²) in [6, 6.07) is 17.7. The minimum atomic E-state index is -1.48. The van der Waals surface area contributed by atoms with Gasteiger partial charge < -0.3 is 10.6 Å². The Kier molecular flexibility index (Phi) is 3.88. The Hall–Kier alpha value is -3.02. The zero-order valence-corrected chi connectivity index (χ0v) is 16.8. The van der Waals surface area contributed by atoms with Gasteiger partial charge in [0.1, 0.15) is 0 Å². The zero-order chi connectivity index (χ0) is 20.3. The Balaban J connectivity index is 1.83. The highest BCUT2D eigenvalue weighted by atomic mass is 35.5. The Morgan fingerprint density at radius 1 is 0.931 bits per heavy atom. The van der Waals surface area contributed by atoms with Gasteiger partial charge in [0.05, 0.1) is 16.3 Å². The summed E-state index contributed by atoms with van der Waals surface area (Å²) in [6.45, 7) is 1.88.